The van der Waals surface area contributed by atoms with Gasteiger partial charge in [0.1, 0.15) is 0 Å². The Balaban J connectivity index is 4.66. The summed E-state index contributed by atoms with van der Waals surface area (Å²) in [7, 11) is -1.92. The summed E-state index contributed by atoms with van der Waals surface area (Å²) in [5, 5.41) is 3.73. The lowest BCUT2D eigenvalue weighted by atomic mass is 10.5. The Labute approximate surface area is 102 Å². The number of hydrazine groups is 1. The number of hydrogen-bond donors (Lipinski definition) is 2. The molecular formula is C8H20N3O3PS. The predicted molar refractivity (Wildman–Crippen MR) is 67.7 cm³/mol. The molecule has 16 heavy (non-hydrogen) atoms. The lowest BCUT2D eigenvalue weighted by Gasteiger charge is -2.25. The van der Waals surface area contributed by atoms with Gasteiger partial charge in [-0.05, 0) is 39.9 Å². The minimum absolute atomic E-state index is 0.102. The van der Waals surface area contributed by atoms with E-state index in [-0.39, 0.29) is 17.3 Å². The van der Waals surface area contributed by atoms with Crippen LogP contribution in [0.2, 0.25) is 0 Å². The van der Waals surface area contributed by atoms with Gasteiger partial charge in [-0.3, -0.25) is 19.1 Å². The summed E-state index contributed by atoms with van der Waals surface area (Å²) in [5.74, 6) is 5.40. The van der Waals surface area contributed by atoms with Crippen molar-refractivity contribution in [1.29, 1.82) is 0 Å². The molecule has 0 bridgehead atoms. The van der Waals surface area contributed by atoms with E-state index in [9.17, 15) is 4.57 Å². The van der Waals surface area contributed by atoms with Crippen molar-refractivity contribution in [1.82, 2.24) is 10.1 Å². The number of nitrogens with two attached hydrogens (primary N) is 1. The quantitative estimate of drug-likeness (QED) is 0.340. The number of thiocarbonyl (C=S) groups is 1. The molecule has 0 spiro atoms. The molecule has 0 aliphatic heterocycles. The van der Waals surface area contributed by atoms with E-state index in [0.717, 1.165) is 5.01 Å². The molecule has 6 nitrogen and oxygen atoms in total. The van der Waals surface area contributed by atoms with E-state index in [1.54, 1.807) is 27.7 Å². The van der Waals surface area contributed by atoms with Gasteiger partial charge in [0, 0.05) is 7.05 Å². The molecule has 96 valence electrons. The number of nitrogens with one attached hydrogen (secondary N) is 1. The van der Waals surface area contributed by atoms with Crippen molar-refractivity contribution in [2.45, 2.75) is 39.9 Å². The van der Waals surface area contributed by atoms with E-state index in [1.165, 1.54) is 7.05 Å². The van der Waals surface area contributed by atoms with Gasteiger partial charge in [0.25, 0.3) is 0 Å². The molecule has 0 aliphatic carbocycles. The number of rotatable bonds is 5. The Morgan fingerprint density at radius 1 is 1.31 bits per heavy atom. The minimum atomic E-state index is -3.45. The molecule has 0 unspecified atom stereocenters. The number of hydrogen-bond acceptors (Lipinski definition) is 5. The first-order chi connectivity index (χ1) is 7.16. The maximum Gasteiger partial charge on any atom is 0.435 e. The highest BCUT2D eigenvalue weighted by molar-refractivity contribution is 7.81. The molecule has 0 aromatic carbocycles. The maximum absolute atomic E-state index is 12.2. The summed E-state index contributed by atoms with van der Waals surface area (Å²) >= 11 is 4.89. The Bertz CT molecular complexity index is 270. The molecule has 3 N–H and O–H groups in total. The predicted octanol–water partition coefficient (Wildman–Crippen LogP) is 1.62. The van der Waals surface area contributed by atoms with Crippen molar-refractivity contribution in [2.75, 3.05) is 7.05 Å². The Morgan fingerprint density at radius 2 is 1.69 bits per heavy atom. The van der Waals surface area contributed by atoms with E-state index < -0.39 is 7.75 Å². The molecule has 8 heteroatoms. The SMILES string of the molecule is CC(C)OP(=O)(NC(=S)N(C)N)OC(C)C. The van der Waals surface area contributed by atoms with Crippen LogP contribution in [0.5, 0.6) is 0 Å². The van der Waals surface area contributed by atoms with E-state index >= 15 is 0 Å². The highest BCUT2D eigenvalue weighted by Crippen LogP contribution is 2.46. The van der Waals surface area contributed by atoms with Crippen LogP contribution in [0.1, 0.15) is 27.7 Å². The minimum Gasteiger partial charge on any atom is -0.290 e. The second kappa shape index (κ2) is 6.51. The molecule has 0 saturated carbocycles. The van der Waals surface area contributed by atoms with Crippen molar-refractivity contribution in [3.63, 3.8) is 0 Å². The highest BCUT2D eigenvalue weighted by Gasteiger charge is 2.29. The van der Waals surface area contributed by atoms with E-state index in [1.807, 2.05) is 0 Å². The van der Waals surface area contributed by atoms with Gasteiger partial charge in [-0.2, -0.15) is 0 Å². The van der Waals surface area contributed by atoms with Crippen LogP contribution < -0.4 is 10.9 Å². The molecule has 0 radical (unpaired) electrons. The Kier molecular flexibility index (Phi) is 6.43. The lowest BCUT2D eigenvalue weighted by Crippen LogP contribution is -2.41. The molecule has 0 aliphatic rings. The van der Waals surface area contributed by atoms with Crippen LogP contribution in [-0.2, 0) is 13.6 Å². The van der Waals surface area contributed by atoms with Gasteiger partial charge < -0.3 is 0 Å². The van der Waals surface area contributed by atoms with Gasteiger partial charge in [0.05, 0.1) is 12.2 Å². The van der Waals surface area contributed by atoms with E-state index in [2.05, 4.69) is 5.09 Å². The van der Waals surface area contributed by atoms with Crippen molar-refractivity contribution in [3.8, 4) is 0 Å². The van der Waals surface area contributed by atoms with Crippen LogP contribution in [0.3, 0.4) is 0 Å². The van der Waals surface area contributed by atoms with E-state index in [0.29, 0.717) is 0 Å². The van der Waals surface area contributed by atoms with Crippen LogP contribution in [0, 0.1) is 0 Å². The fraction of sp³-hybridized carbons (Fsp3) is 0.875. The highest BCUT2D eigenvalue weighted by atomic mass is 32.1. The molecule has 0 aromatic heterocycles. The molecule has 0 aromatic rings. The second-order valence-corrected chi connectivity index (χ2v) is 5.86. The molecule has 0 saturated heterocycles. The van der Waals surface area contributed by atoms with Crippen LogP contribution >= 0.6 is 20.0 Å². The third-order valence-corrected chi connectivity index (χ3v) is 3.68. The van der Waals surface area contributed by atoms with Gasteiger partial charge in [0.2, 0.25) is 0 Å². The molecule has 0 atom stereocenters. The summed E-state index contributed by atoms with van der Waals surface area (Å²) in [6, 6.07) is 0. The zero-order valence-electron chi connectivity index (χ0n) is 10.3. The standard InChI is InChI=1S/C8H20N3O3PS/c1-6(2)13-15(12,14-7(3)4)10-8(16)11(5)9/h6-7H,9H2,1-5H3,(H,10,12,16). The molecular weight excluding hydrogens is 249 g/mol. The van der Waals surface area contributed by atoms with Crippen LogP contribution in [0.25, 0.3) is 0 Å². The van der Waals surface area contributed by atoms with E-state index in [4.69, 9.17) is 27.1 Å². The summed E-state index contributed by atoms with van der Waals surface area (Å²) in [6.07, 6.45) is -0.495. The second-order valence-electron chi connectivity index (χ2n) is 3.83. The van der Waals surface area contributed by atoms with Crippen molar-refractivity contribution in [3.05, 3.63) is 0 Å². The Morgan fingerprint density at radius 3 is 1.94 bits per heavy atom. The van der Waals surface area contributed by atoms with Crippen molar-refractivity contribution in [2.24, 2.45) is 5.84 Å². The van der Waals surface area contributed by atoms with Gasteiger partial charge >= 0.3 is 7.75 Å². The monoisotopic (exact) mass is 269 g/mol. The third-order valence-electron chi connectivity index (χ3n) is 1.25. The first-order valence-electron chi connectivity index (χ1n) is 4.94. The topological polar surface area (TPSA) is 76.8 Å². The summed E-state index contributed by atoms with van der Waals surface area (Å²) < 4.78 is 22.7. The average Bonchev–Trinajstić information content (AvgIpc) is 1.98. The van der Waals surface area contributed by atoms with Gasteiger partial charge in [0.15, 0.2) is 5.11 Å². The average molecular weight is 269 g/mol. The summed E-state index contributed by atoms with van der Waals surface area (Å²) in [6.45, 7) is 7.03. The number of nitrogens with zero attached hydrogens (tertiary/aromatic N) is 1. The first-order valence-corrected chi connectivity index (χ1v) is 6.89. The fourth-order valence-electron chi connectivity index (χ4n) is 0.829. The Hall–Kier alpha value is -0.200. The molecule has 0 amide bonds. The molecule has 0 rings (SSSR count). The summed E-state index contributed by atoms with van der Waals surface area (Å²) in [4.78, 5) is 0. The van der Waals surface area contributed by atoms with Crippen molar-refractivity contribution < 1.29 is 13.6 Å². The molecule has 0 fully saturated rings. The molecule has 0 heterocycles. The fourth-order valence-corrected chi connectivity index (χ4v) is 2.82. The zero-order valence-corrected chi connectivity index (χ0v) is 12.0. The van der Waals surface area contributed by atoms with Gasteiger partial charge in [-0.1, -0.05) is 0 Å². The summed E-state index contributed by atoms with van der Waals surface area (Å²) in [5.41, 5.74) is 0. The smallest absolute Gasteiger partial charge is 0.290 e. The van der Waals surface area contributed by atoms with Gasteiger partial charge in [-0.15, -0.1) is 0 Å². The normalized spacial score (nSPS) is 12.0. The maximum atomic E-state index is 12.2. The van der Waals surface area contributed by atoms with Gasteiger partial charge in [-0.25, -0.2) is 10.4 Å². The van der Waals surface area contributed by atoms with Crippen LogP contribution in [0.4, 0.5) is 0 Å². The first kappa shape index (κ1) is 15.8. The van der Waals surface area contributed by atoms with Crippen LogP contribution in [0.15, 0.2) is 0 Å². The zero-order chi connectivity index (χ0) is 12.9. The lowest BCUT2D eigenvalue weighted by molar-refractivity contribution is 0.138. The third kappa shape index (κ3) is 6.40. The van der Waals surface area contributed by atoms with Crippen LogP contribution in [-0.4, -0.2) is 29.4 Å². The van der Waals surface area contributed by atoms with Crippen molar-refractivity contribution >= 4 is 25.1 Å². The largest absolute Gasteiger partial charge is 0.435 e.